The molecule has 2 rings (SSSR count). The number of rotatable bonds is 2. The molecule has 1 N–H and O–H groups in total. The number of hydrogen-bond donors (Lipinski definition) is 1. The van der Waals surface area contributed by atoms with E-state index in [1.807, 2.05) is 25.7 Å². The largest absolute Gasteiger partial charge is 0.444 e. The monoisotopic (exact) mass is 297 g/mol. The van der Waals surface area contributed by atoms with E-state index >= 15 is 0 Å². The van der Waals surface area contributed by atoms with Gasteiger partial charge in [-0.2, -0.15) is 0 Å². The number of hydrogen-bond acceptors (Lipinski definition) is 4. The lowest BCUT2D eigenvalue weighted by Gasteiger charge is -2.37. The van der Waals surface area contributed by atoms with Gasteiger partial charge < -0.3 is 15.0 Å². The molecule has 6 heteroatoms. The zero-order valence-electron chi connectivity index (χ0n) is 13.4. The van der Waals surface area contributed by atoms with Crippen LogP contribution >= 0.6 is 0 Å². The summed E-state index contributed by atoms with van der Waals surface area (Å²) in [5, 5.41) is 3.33. The van der Waals surface area contributed by atoms with Crippen LogP contribution in [0.2, 0.25) is 0 Å². The molecule has 0 spiro atoms. The predicted octanol–water partition coefficient (Wildman–Crippen LogP) is 1.07. The Morgan fingerprint density at radius 1 is 1.29 bits per heavy atom. The van der Waals surface area contributed by atoms with Gasteiger partial charge in [-0.05, 0) is 52.6 Å². The Morgan fingerprint density at radius 3 is 2.52 bits per heavy atom. The maximum absolute atomic E-state index is 12.2. The van der Waals surface area contributed by atoms with Gasteiger partial charge in [-0.1, -0.05) is 0 Å². The van der Waals surface area contributed by atoms with Crippen molar-refractivity contribution in [3.63, 3.8) is 0 Å². The first-order valence-corrected chi connectivity index (χ1v) is 7.81. The molecule has 0 radical (unpaired) electrons. The van der Waals surface area contributed by atoms with E-state index < -0.39 is 11.7 Å². The van der Waals surface area contributed by atoms with E-state index in [0.717, 1.165) is 32.5 Å². The number of carbonyl (C=O) groups is 2. The standard InChI is InChI=1S/C15H27N3O3/c1-15(2,3)21-14(20)18-9-8-17(13(19)11-18)10-12-4-6-16-7-5-12/h12,16H,4-11H2,1-3H3. The molecular weight excluding hydrogens is 270 g/mol. The molecule has 2 saturated heterocycles. The highest BCUT2D eigenvalue weighted by Gasteiger charge is 2.31. The Morgan fingerprint density at radius 2 is 1.95 bits per heavy atom. The Labute approximate surface area is 126 Å². The summed E-state index contributed by atoms with van der Waals surface area (Å²) in [6.45, 7) is 9.71. The van der Waals surface area contributed by atoms with Crippen molar-refractivity contribution in [2.24, 2.45) is 5.92 Å². The van der Waals surface area contributed by atoms with Crippen LogP contribution in [-0.2, 0) is 9.53 Å². The van der Waals surface area contributed by atoms with Crippen LogP contribution in [0.25, 0.3) is 0 Å². The minimum Gasteiger partial charge on any atom is -0.444 e. The van der Waals surface area contributed by atoms with Crippen LogP contribution in [0.3, 0.4) is 0 Å². The molecule has 120 valence electrons. The van der Waals surface area contributed by atoms with E-state index in [9.17, 15) is 9.59 Å². The summed E-state index contributed by atoms with van der Waals surface area (Å²) < 4.78 is 5.32. The zero-order valence-corrected chi connectivity index (χ0v) is 13.4. The molecule has 2 aliphatic heterocycles. The number of piperazine rings is 1. The van der Waals surface area contributed by atoms with E-state index in [1.54, 1.807) is 0 Å². The summed E-state index contributed by atoms with van der Waals surface area (Å²) in [6.07, 6.45) is 1.86. The topological polar surface area (TPSA) is 61.9 Å². The fourth-order valence-corrected chi connectivity index (χ4v) is 2.76. The van der Waals surface area contributed by atoms with E-state index in [4.69, 9.17) is 4.74 Å². The highest BCUT2D eigenvalue weighted by Crippen LogP contribution is 2.17. The Bertz CT molecular complexity index is 386. The third-order valence-corrected chi connectivity index (χ3v) is 3.91. The van der Waals surface area contributed by atoms with Crippen molar-refractivity contribution in [2.75, 3.05) is 39.3 Å². The molecule has 0 aromatic heterocycles. The SMILES string of the molecule is CC(C)(C)OC(=O)N1CCN(CC2CCNCC2)C(=O)C1. The summed E-state index contributed by atoms with van der Waals surface area (Å²) in [5.74, 6) is 0.619. The molecule has 2 amide bonds. The maximum Gasteiger partial charge on any atom is 0.410 e. The molecule has 6 nitrogen and oxygen atoms in total. The first-order chi connectivity index (χ1) is 9.85. The lowest BCUT2D eigenvalue weighted by Crippen LogP contribution is -2.54. The van der Waals surface area contributed by atoms with Crippen molar-refractivity contribution in [3.05, 3.63) is 0 Å². The number of piperidine rings is 1. The van der Waals surface area contributed by atoms with Crippen molar-refractivity contribution in [3.8, 4) is 0 Å². The molecule has 0 saturated carbocycles. The third-order valence-electron chi connectivity index (χ3n) is 3.91. The molecule has 21 heavy (non-hydrogen) atoms. The number of nitrogens with one attached hydrogen (secondary N) is 1. The minimum absolute atomic E-state index is 0.0330. The van der Waals surface area contributed by atoms with Gasteiger partial charge in [-0.3, -0.25) is 9.69 Å². The number of ether oxygens (including phenoxy) is 1. The molecule has 0 atom stereocenters. The van der Waals surface area contributed by atoms with E-state index in [2.05, 4.69) is 5.32 Å². The normalized spacial score (nSPS) is 21.6. The molecule has 2 aliphatic rings. The average Bonchev–Trinajstić information content (AvgIpc) is 2.40. The lowest BCUT2D eigenvalue weighted by atomic mass is 9.97. The Hall–Kier alpha value is -1.30. The van der Waals surface area contributed by atoms with Crippen LogP contribution < -0.4 is 5.32 Å². The molecule has 2 fully saturated rings. The van der Waals surface area contributed by atoms with Gasteiger partial charge >= 0.3 is 6.09 Å². The Balaban J connectivity index is 1.81. The fourth-order valence-electron chi connectivity index (χ4n) is 2.76. The summed E-state index contributed by atoms with van der Waals surface area (Å²) in [7, 11) is 0. The summed E-state index contributed by atoms with van der Waals surface area (Å²) in [4.78, 5) is 27.6. The van der Waals surface area contributed by atoms with Crippen molar-refractivity contribution in [2.45, 2.75) is 39.2 Å². The van der Waals surface area contributed by atoms with Gasteiger partial charge in [0.2, 0.25) is 5.91 Å². The van der Waals surface area contributed by atoms with Gasteiger partial charge in [-0.15, -0.1) is 0 Å². The first kappa shape index (κ1) is 16.1. The van der Waals surface area contributed by atoms with Crippen LogP contribution in [0.15, 0.2) is 0 Å². The van der Waals surface area contributed by atoms with Gasteiger partial charge in [0, 0.05) is 19.6 Å². The number of amides is 2. The van der Waals surface area contributed by atoms with Gasteiger partial charge in [0.15, 0.2) is 0 Å². The highest BCUT2D eigenvalue weighted by atomic mass is 16.6. The quantitative estimate of drug-likeness (QED) is 0.828. The van der Waals surface area contributed by atoms with E-state index in [-0.39, 0.29) is 12.5 Å². The average molecular weight is 297 g/mol. The fraction of sp³-hybridized carbons (Fsp3) is 0.867. The van der Waals surface area contributed by atoms with Gasteiger partial charge in [0.25, 0.3) is 0 Å². The lowest BCUT2D eigenvalue weighted by molar-refractivity contribution is -0.136. The molecular formula is C15H27N3O3. The van der Waals surface area contributed by atoms with Gasteiger partial charge in [0.1, 0.15) is 12.1 Å². The smallest absolute Gasteiger partial charge is 0.410 e. The molecule has 0 aliphatic carbocycles. The van der Waals surface area contributed by atoms with Crippen LogP contribution in [0.4, 0.5) is 4.79 Å². The van der Waals surface area contributed by atoms with Crippen LogP contribution in [0.1, 0.15) is 33.6 Å². The Kier molecular flexibility index (Phi) is 5.08. The molecule has 0 unspecified atom stereocenters. The van der Waals surface area contributed by atoms with Gasteiger partial charge in [-0.25, -0.2) is 4.79 Å². The number of nitrogens with zero attached hydrogens (tertiary/aromatic N) is 2. The summed E-state index contributed by atoms with van der Waals surface area (Å²) >= 11 is 0. The van der Waals surface area contributed by atoms with E-state index in [1.165, 1.54) is 4.90 Å². The summed E-state index contributed by atoms with van der Waals surface area (Å²) in [5.41, 5.74) is -0.521. The molecule has 2 heterocycles. The van der Waals surface area contributed by atoms with Crippen LogP contribution in [0.5, 0.6) is 0 Å². The van der Waals surface area contributed by atoms with Crippen molar-refractivity contribution >= 4 is 12.0 Å². The number of carbonyl (C=O) groups excluding carboxylic acids is 2. The van der Waals surface area contributed by atoms with Crippen molar-refractivity contribution < 1.29 is 14.3 Å². The minimum atomic E-state index is -0.521. The summed E-state index contributed by atoms with van der Waals surface area (Å²) in [6, 6.07) is 0. The second-order valence-electron chi connectivity index (χ2n) is 6.94. The molecule has 0 bridgehead atoms. The van der Waals surface area contributed by atoms with Crippen LogP contribution in [-0.4, -0.2) is 66.7 Å². The predicted molar refractivity (Wildman–Crippen MR) is 80.0 cm³/mol. The second kappa shape index (κ2) is 6.64. The second-order valence-corrected chi connectivity index (χ2v) is 6.94. The van der Waals surface area contributed by atoms with E-state index in [0.29, 0.717) is 19.0 Å². The van der Waals surface area contributed by atoms with Gasteiger partial charge in [0.05, 0.1) is 0 Å². The first-order valence-electron chi connectivity index (χ1n) is 7.81. The van der Waals surface area contributed by atoms with Crippen molar-refractivity contribution in [1.29, 1.82) is 0 Å². The maximum atomic E-state index is 12.2. The third kappa shape index (κ3) is 4.88. The highest BCUT2D eigenvalue weighted by molar-refractivity contribution is 5.83. The zero-order chi connectivity index (χ0) is 15.5. The van der Waals surface area contributed by atoms with Crippen LogP contribution in [0, 0.1) is 5.92 Å². The molecule has 0 aromatic rings. The molecule has 0 aromatic carbocycles. The van der Waals surface area contributed by atoms with Crippen molar-refractivity contribution in [1.82, 2.24) is 15.1 Å².